The number of hydrogen-bond acceptors (Lipinski definition) is 20. The third-order valence-electron chi connectivity index (χ3n) is 15.3. The zero-order chi connectivity index (χ0) is 39.7. The first-order valence-electron chi connectivity index (χ1n) is 20.2. The topological polar surface area (TPSA) is 325 Å². The molecule has 4 aliphatic carbocycles. The molecule has 8 bridgehead atoms. The van der Waals surface area contributed by atoms with Gasteiger partial charge < -0.3 is 18.2 Å². The van der Waals surface area contributed by atoms with Gasteiger partial charge in [-0.25, -0.2) is 33.7 Å². The second-order valence-electron chi connectivity index (χ2n) is 18.0. The monoisotopic (exact) mass is 916 g/mol. The van der Waals surface area contributed by atoms with Gasteiger partial charge in [-0.1, -0.05) is 38.5 Å². The number of rotatable bonds is 4. The fourth-order valence-electron chi connectivity index (χ4n) is 13.4. The van der Waals surface area contributed by atoms with E-state index in [9.17, 15) is 51.9 Å². The molecule has 0 aromatic rings. The first kappa shape index (κ1) is 46.8. The van der Waals surface area contributed by atoms with Crippen LogP contribution in [0.4, 0.5) is 0 Å². The minimum absolute atomic E-state index is 0. The summed E-state index contributed by atoms with van der Waals surface area (Å²) < 4.78 is 157. The number of fused-ring (bicyclic) bond motifs is 20. The molecular weight excluding hydrogens is 865 g/mol. The fraction of sp³-hybridized carbons (Fsp3) is 1.00. The van der Waals surface area contributed by atoms with Gasteiger partial charge in [-0.3, -0.25) is 42.5 Å². The first-order valence-corrected chi connectivity index (χ1v) is 26.1. The molecule has 0 amide bonds. The van der Waals surface area contributed by atoms with Gasteiger partial charge >= 0.3 is 46.1 Å². The average Bonchev–Trinajstić information content (AvgIpc) is 3.84. The predicted octanol–water partition coefficient (Wildman–Crippen LogP) is -4.06. The summed E-state index contributed by atoms with van der Waals surface area (Å²) in [4.78, 5) is 0. The van der Waals surface area contributed by atoms with Gasteiger partial charge in [0, 0.05) is 11.8 Å². The second-order valence-corrected chi connectivity index (χ2v) is 24.1. The van der Waals surface area contributed by atoms with Crippen molar-refractivity contribution in [2.24, 2.45) is 47.3 Å². The molecule has 320 valence electrons. The Balaban J connectivity index is 0.00000256. The third kappa shape index (κ3) is 8.34. The SMILES string of the molecule is O=S(=O)([O-])C1C2C3NC4NC(NC5NC(NC6NC(NC(N3)C2C(S(=O)(=O)[O-])C(S(=O)(=O)[O-])C1S(=O)(=O)[O-])C1CCCCC61)C1CCCCC51)C1CCCCC41.[Mg+2].[Mg+2]. The molecule has 20 nitrogen and oxygen atoms in total. The first-order chi connectivity index (χ1) is 26.3. The van der Waals surface area contributed by atoms with Crippen molar-refractivity contribution in [3.8, 4) is 0 Å². The van der Waals surface area contributed by atoms with Crippen molar-refractivity contribution in [3.05, 3.63) is 0 Å². The molecule has 0 aromatic carbocycles. The molecular formula is C32H52Mg2N8O12S4. The van der Waals surface area contributed by atoms with Crippen LogP contribution in [0.3, 0.4) is 0 Å². The van der Waals surface area contributed by atoms with Crippen molar-refractivity contribution in [3.63, 3.8) is 0 Å². The molecule has 0 aromatic heterocycles. The van der Waals surface area contributed by atoms with Crippen molar-refractivity contribution >= 4 is 86.6 Å². The Morgan fingerprint density at radius 2 is 0.466 bits per heavy atom. The van der Waals surface area contributed by atoms with Crippen LogP contribution in [0.1, 0.15) is 77.0 Å². The van der Waals surface area contributed by atoms with Crippen LogP contribution in [-0.2, 0) is 40.5 Å². The fourth-order valence-corrected chi connectivity index (χ4v) is 20.5. The molecule has 20 unspecified atom stereocenters. The Labute approximate surface area is 372 Å². The van der Waals surface area contributed by atoms with E-state index in [-0.39, 0.29) is 94.4 Å². The number of hydrogen-bond donors (Lipinski definition) is 8. The summed E-state index contributed by atoms with van der Waals surface area (Å²) >= 11 is 0. The molecule has 26 heteroatoms. The van der Waals surface area contributed by atoms with E-state index >= 15 is 0 Å². The molecule has 9 rings (SSSR count). The Hall–Kier alpha value is 0.852. The third-order valence-corrected chi connectivity index (χ3v) is 20.9. The molecule has 58 heavy (non-hydrogen) atoms. The Kier molecular flexibility index (Phi) is 13.7. The van der Waals surface area contributed by atoms with E-state index in [0.29, 0.717) is 11.8 Å². The quantitative estimate of drug-likeness (QED) is 0.0983. The summed E-state index contributed by atoms with van der Waals surface area (Å²) in [5, 5.41) is 16.2. The minimum Gasteiger partial charge on any atom is -0.748 e. The summed E-state index contributed by atoms with van der Waals surface area (Å²) in [5.74, 6) is -3.14. The molecule has 5 saturated heterocycles. The zero-order valence-electron chi connectivity index (χ0n) is 32.0. The van der Waals surface area contributed by atoms with Crippen LogP contribution in [0.5, 0.6) is 0 Å². The smallest absolute Gasteiger partial charge is 0.748 e. The number of nitrogens with one attached hydrogen (secondary N) is 8. The second kappa shape index (κ2) is 17.0. The van der Waals surface area contributed by atoms with Crippen LogP contribution in [0, 0.1) is 47.3 Å². The van der Waals surface area contributed by atoms with E-state index in [0.717, 1.165) is 77.0 Å². The van der Waals surface area contributed by atoms with Crippen LogP contribution in [0.25, 0.3) is 0 Å². The molecule has 4 saturated carbocycles. The van der Waals surface area contributed by atoms with E-state index in [1.807, 2.05) is 0 Å². The average molecular weight is 918 g/mol. The maximum absolute atomic E-state index is 13.3. The van der Waals surface area contributed by atoms with Gasteiger partial charge in [0.15, 0.2) is 0 Å². The van der Waals surface area contributed by atoms with Crippen molar-refractivity contribution in [1.29, 1.82) is 0 Å². The molecule has 5 aliphatic heterocycles. The summed E-state index contributed by atoms with van der Waals surface area (Å²) in [6, 6.07) is 0. The van der Waals surface area contributed by atoms with Crippen molar-refractivity contribution < 1.29 is 51.9 Å². The Morgan fingerprint density at radius 1 is 0.293 bits per heavy atom. The molecule has 5 heterocycles. The van der Waals surface area contributed by atoms with Gasteiger partial charge in [0.25, 0.3) is 0 Å². The van der Waals surface area contributed by atoms with Gasteiger partial charge in [-0.2, -0.15) is 0 Å². The van der Waals surface area contributed by atoms with E-state index in [2.05, 4.69) is 42.5 Å². The van der Waals surface area contributed by atoms with Gasteiger partial charge in [0.2, 0.25) is 0 Å². The normalized spacial score (nSPS) is 49.3. The Bertz CT molecular complexity index is 1860. The zero-order valence-corrected chi connectivity index (χ0v) is 38.1. The van der Waals surface area contributed by atoms with Crippen LogP contribution in [0.15, 0.2) is 0 Å². The molecule has 20 atom stereocenters. The minimum atomic E-state index is -6.22. The van der Waals surface area contributed by atoms with Gasteiger partial charge in [0.1, 0.15) is 20.2 Å². The van der Waals surface area contributed by atoms with Crippen molar-refractivity contribution in [1.82, 2.24) is 42.5 Å². The largest absolute Gasteiger partial charge is 2.00 e. The molecule has 9 fully saturated rings. The van der Waals surface area contributed by atoms with Crippen LogP contribution in [-0.4, -0.2) is 168 Å². The maximum atomic E-state index is 13.3. The van der Waals surface area contributed by atoms with E-state index in [1.165, 1.54) is 0 Å². The van der Waals surface area contributed by atoms with Gasteiger partial charge in [-0.15, -0.1) is 0 Å². The summed E-state index contributed by atoms with van der Waals surface area (Å²) in [7, 11) is -24.4. The van der Waals surface area contributed by atoms with Crippen LogP contribution >= 0.6 is 0 Å². The van der Waals surface area contributed by atoms with Crippen LogP contribution in [0.2, 0.25) is 0 Å². The molecule has 0 radical (unpaired) electrons. The predicted molar refractivity (Wildman–Crippen MR) is 204 cm³/mol. The summed E-state index contributed by atoms with van der Waals surface area (Å²) in [6.07, 6.45) is 6.60. The molecule has 8 N–H and O–H groups in total. The van der Waals surface area contributed by atoms with Crippen LogP contribution < -0.4 is 42.5 Å². The standard InChI is InChI=1S/C32H56N8O12S4.2Mg/c41-53(42,43)21-19-20(22(54(44,45)46)24(56(50,51)52)23(21)55(47,48)49)32-39-30-18-12-6-4-10-16(18)28(37-30)35-26-14-8-2-1-7-13(14)25(33-26)34-27-15-9-3-5-11-17(15)29(36-27)38-31(19)40-32;;/h13-40H,1-12H2,(H,41,42,43)(H,44,45,46)(H,47,48,49)(H,50,51,52);;/q;2*+2/p-4. The van der Waals surface area contributed by atoms with Gasteiger partial charge in [0.05, 0.1) is 90.6 Å². The summed E-state index contributed by atoms with van der Waals surface area (Å²) in [6.45, 7) is 0. The van der Waals surface area contributed by atoms with Crippen molar-refractivity contribution in [2.45, 2.75) is 147 Å². The summed E-state index contributed by atoms with van der Waals surface area (Å²) in [5.41, 5.74) is 0. The Morgan fingerprint density at radius 3 is 0.655 bits per heavy atom. The maximum Gasteiger partial charge on any atom is 2.00 e. The van der Waals surface area contributed by atoms with Crippen molar-refractivity contribution in [2.75, 3.05) is 0 Å². The van der Waals surface area contributed by atoms with E-state index in [4.69, 9.17) is 0 Å². The van der Waals surface area contributed by atoms with E-state index < -0.39 is 98.0 Å². The van der Waals surface area contributed by atoms with E-state index in [1.54, 1.807) is 0 Å². The molecule has 0 spiro atoms. The molecule has 9 aliphatic rings. The van der Waals surface area contributed by atoms with Gasteiger partial charge in [-0.05, 0) is 74.0 Å².